The van der Waals surface area contributed by atoms with Crippen molar-refractivity contribution in [2.45, 2.75) is 36.1 Å². The molecular weight excluding hydrogens is 328 g/mol. The fourth-order valence-electron chi connectivity index (χ4n) is 3.31. The summed E-state index contributed by atoms with van der Waals surface area (Å²) in [5.74, 6) is 0. The van der Waals surface area contributed by atoms with E-state index in [1.807, 2.05) is 0 Å². The predicted octanol–water partition coefficient (Wildman–Crippen LogP) is 2.56. The molecule has 4 nitrogen and oxygen atoms in total. The van der Waals surface area contributed by atoms with E-state index in [-0.39, 0.29) is 10.3 Å². The van der Waals surface area contributed by atoms with Crippen molar-refractivity contribution in [2.24, 2.45) is 5.41 Å². The van der Waals surface area contributed by atoms with E-state index in [1.54, 1.807) is 24.3 Å². The van der Waals surface area contributed by atoms with Crippen LogP contribution in [0.25, 0.3) is 0 Å². The summed E-state index contributed by atoms with van der Waals surface area (Å²) in [5.41, 5.74) is -0.670. The zero-order valence-electron chi connectivity index (χ0n) is 10.2. The maximum atomic E-state index is 12.3. The summed E-state index contributed by atoms with van der Waals surface area (Å²) in [6, 6.07) is 8.98. The average molecular weight is 341 g/mol. The molecule has 100 valence electrons. The van der Waals surface area contributed by atoms with Gasteiger partial charge in [0.05, 0.1) is 16.4 Å². The first-order valence-corrected chi connectivity index (χ1v) is 8.37. The highest BCUT2D eigenvalue weighted by Gasteiger charge is 2.62. The van der Waals surface area contributed by atoms with Crippen molar-refractivity contribution in [3.05, 3.63) is 28.7 Å². The van der Waals surface area contributed by atoms with E-state index in [0.717, 1.165) is 17.3 Å². The SMILES string of the molecule is N#CC12CCC(NS(=O)(=O)c3cccc(Br)c3)(C1)C2. The smallest absolute Gasteiger partial charge is 0.207 e. The number of nitrogens with one attached hydrogen (secondary N) is 1. The van der Waals surface area contributed by atoms with Crippen LogP contribution in [0.15, 0.2) is 33.6 Å². The lowest BCUT2D eigenvalue weighted by Gasteiger charge is -2.43. The van der Waals surface area contributed by atoms with Crippen LogP contribution in [0.1, 0.15) is 25.7 Å². The highest BCUT2D eigenvalue weighted by atomic mass is 79.9. The Morgan fingerprint density at radius 3 is 2.63 bits per heavy atom. The van der Waals surface area contributed by atoms with Crippen LogP contribution in [0.2, 0.25) is 0 Å². The zero-order valence-corrected chi connectivity index (χ0v) is 12.6. The Morgan fingerprint density at radius 1 is 1.32 bits per heavy atom. The van der Waals surface area contributed by atoms with Gasteiger partial charge in [-0.3, -0.25) is 0 Å². The number of sulfonamides is 1. The van der Waals surface area contributed by atoms with Gasteiger partial charge in [0.15, 0.2) is 0 Å². The van der Waals surface area contributed by atoms with Gasteiger partial charge < -0.3 is 0 Å². The second-order valence-electron chi connectivity index (χ2n) is 5.59. The molecule has 0 unspecified atom stereocenters. The monoisotopic (exact) mass is 340 g/mol. The first-order chi connectivity index (χ1) is 8.89. The summed E-state index contributed by atoms with van der Waals surface area (Å²) in [4.78, 5) is 0.262. The van der Waals surface area contributed by atoms with E-state index in [0.29, 0.717) is 12.8 Å². The predicted molar refractivity (Wildman–Crippen MR) is 73.7 cm³/mol. The van der Waals surface area contributed by atoms with E-state index in [2.05, 4.69) is 26.7 Å². The van der Waals surface area contributed by atoms with Crippen LogP contribution < -0.4 is 4.72 Å². The fraction of sp³-hybridized carbons (Fsp3) is 0.462. The molecule has 0 amide bonds. The topological polar surface area (TPSA) is 70.0 Å². The van der Waals surface area contributed by atoms with Gasteiger partial charge in [0.2, 0.25) is 10.0 Å². The summed E-state index contributed by atoms with van der Waals surface area (Å²) < 4.78 is 28.2. The number of fused-ring (bicyclic) bond motifs is 1. The third kappa shape index (κ3) is 2.10. The van der Waals surface area contributed by atoms with Crippen LogP contribution in [0.3, 0.4) is 0 Å². The number of benzene rings is 1. The van der Waals surface area contributed by atoms with Crippen molar-refractivity contribution in [3.8, 4) is 6.07 Å². The van der Waals surface area contributed by atoms with Crippen LogP contribution >= 0.6 is 15.9 Å². The molecule has 0 atom stereocenters. The maximum absolute atomic E-state index is 12.3. The zero-order chi connectivity index (χ0) is 13.7. The van der Waals surface area contributed by atoms with Crippen LogP contribution in [0.4, 0.5) is 0 Å². The molecule has 19 heavy (non-hydrogen) atoms. The Bertz CT molecular complexity index is 672. The fourth-order valence-corrected chi connectivity index (χ4v) is 5.34. The molecule has 3 saturated carbocycles. The van der Waals surface area contributed by atoms with Gasteiger partial charge >= 0.3 is 0 Å². The first kappa shape index (κ1) is 13.1. The lowest BCUT2D eigenvalue weighted by atomic mass is 9.66. The summed E-state index contributed by atoms with van der Waals surface area (Å²) in [6.45, 7) is 0. The van der Waals surface area contributed by atoms with E-state index < -0.39 is 15.6 Å². The standard InChI is InChI=1S/C13H13BrN2O2S/c14-10-2-1-3-11(6-10)19(17,18)16-13-5-4-12(7-13,8-13)9-15/h1-3,6,16H,4-5,7-8H2. The van der Waals surface area contributed by atoms with Crippen molar-refractivity contribution in [1.29, 1.82) is 5.26 Å². The van der Waals surface area contributed by atoms with Crippen LogP contribution in [0.5, 0.6) is 0 Å². The first-order valence-electron chi connectivity index (χ1n) is 6.10. The summed E-state index contributed by atoms with van der Waals surface area (Å²) >= 11 is 3.28. The van der Waals surface area contributed by atoms with Gasteiger partial charge in [-0.15, -0.1) is 0 Å². The molecule has 3 aliphatic carbocycles. The molecule has 1 aromatic rings. The van der Waals surface area contributed by atoms with E-state index >= 15 is 0 Å². The summed E-state index contributed by atoms with van der Waals surface area (Å²) in [5, 5.41) is 9.10. The van der Waals surface area contributed by atoms with Crippen molar-refractivity contribution < 1.29 is 8.42 Å². The van der Waals surface area contributed by atoms with Gasteiger partial charge in [0.25, 0.3) is 0 Å². The second kappa shape index (κ2) is 4.05. The molecule has 2 bridgehead atoms. The third-order valence-corrected chi connectivity index (χ3v) is 6.20. The summed E-state index contributed by atoms with van der Waals surface area (Å²) in [7, 11) is -3.51. The quantitative estimate of drug-likeness (QED) is 0.919. The van der Waals surface area contributed by atoms with Crippen molar-refractivity contribution >= 4 is 26.0 Å². The van der Waals surface area contributed by atoms with Gasteiger partial charge in [-0.05, 0) is 43.9 Å². The molecule has 3 fully saturated rings. The van der Waals surface area contributed by atoms with Crippen molar-refractivity contribution in [2.75, 3.05) is 0 Å². The lowest BCUT2D eigenvalue weighted by molar-refractivity contribution is 0.161. The maximum Gasteiger partial charge on any atom is 0.241 e. The van der Waals surface area contributed by atoms with Gasteiger partial charge in [-0.2, -0.15) is 5.26 Å². The minimum Gasteiger partial charge on any atom is -0.207 e. The van der Waals surface area contributed by atoms with E-state index in [1.165, 1.54) is 0 Å². The molecule has 1 aromatic carbocycles. The van der Waals surface area contributed by atoms with Crippen LogP contribution in [-0.4, -0.2) is 14.0 Å². The van der Waals surface area contributed by atoms with Gasteiger partial charge in [0.1, 0.15) is 0 Å². The number of nitrogens with zero attached hydrogens (tertiary/aromatic N) is 1. The molecule has 0 spiro atoms. The molecule has 0 aromatic heterocycles. The Labute approximate surface area is 121 Å². The van der Waals surface area contributed by atoms with Gasteiger partial charge in [-0.25, -0.2) is 13.1 Å². The Balaban J connectivity index is 1.83. The summed E-state index contributed by atoms with van der Waals surface area (Å²) in [6.07, 6.45) is 2.84. The minimum absolute atomic E-state index is 0.262. The lowest BCUT2D eigenvalue weighted by Crippen LogP contribution is -2.55. The number of halogens is 1. The molecule has 0 radical (unpaired) electrons. The highest BCUT2D eigenvalue weighted by Crippen LogP contribution is 2.61. The molecule has 0 heterocycles. The van der Waals surface area contributed by atoms with Gasteiger partial charge in [-0.1, -0.05) is 22.0 Å². The van der Waals surface area contributed by atoms with Gasteiger partial charge in [0, 0.05) is 10.0 Å². The molecule has 4 rings (SSSR count). The Kier molecular flexibility index (Phi) is 2.79. The molecular formula is C13H13BrN2O2S. The number of rotatable bonds is 3. The number of hydrogen-bond acceptors (Lipinski definition) is 3. The molecule has 6 heteroatoms. The molecule has 3 aliphatic rings. The Hall–Kier alpha value is -0.900. The third-order valence-electron chi connectivity index (χ3n) is 4.13. The number of hydrogen-bond donors (Lipinski definition) is 1. The van der Waals surface area contributed by atoms with Crippen LogP contribution in [0, 0.1) is 16.7 Å². The molecule has 0 aliphatic heterocycles. The minimum atomic E-state index is -3.51. The largest absolute Gasteiger partial charge is 0.241 e. The van der Waals surface area contributed by atoms with Crippen molar-refractivity contribution in [3.63, 3.8) is 0 Å². The molecule has 0 saturated heterocycles. The number of nitriles is 1. The Morgan fingerprint density at radius 2 is 2.05 bits per heavy atom. The second-order valence-corrected chi connectivity index (χ2v) is 8.19. The van der Waals surface area contributed by atoms with Crippen molar-refractivity contribution in [1.82, 2.24) is 4.72 Å². The average Bonchev–Trinajstić information content (AvgIpc) is 2.83. The molecule has 1 N–H and O–H groups in total. The van der Waals surface area contributed by atoms with E-state index in [4.69, 9.17) is 5.26 Å². The van der Waals surface area contributed by atoms with E-state index in [9.17, 15) is 8.42 Å². The normalized spacial score (nSPS) is 32.6. The van der Waals surface area contributed by atoms with Crippen LogP contribution in [-0.2, 0) is 10.0 Å². The highest BCUT2D eigenvalue weighted by molar-refractivity contribution is 9.10.